The number of hydrogen-bond acceptors (Lipinski definition) is 4. The number of amides is 1. The minimum atomic E-state index is -0.839. The molecule has 2 aromatic carbocycles. The molecule has 0 saturated carbocycles. The number of carbonyl (C=O) groups is 2. The topological polar surface area (TPSA) is 49.4 Å². The quantitative estimate of drug-likeness (QED) is 0.365. The van der Waals surface area contributed by atoms with Crippen LogP contribution < -0.4 is 5.32 Å². The molecular weight excluding hydrogens is 487 g/mol. The Bertz CT molecular complexity index is 1210. The molecule has 0 saturated heterocycles. The number of benzene rings is 2. The molecule has 0 spiro atoms. The number of carbonyl (C=O) groups excluding carboxylic acids is 2. The molecule has 2 heterocycles. The summed E-state index contributed by atoms with van der Waals surface area (Å²) in [5, 5.41) is 7.95. The van der Waals surface area contributed by atoms with E-state index in [0.717, 1.165) is 5.56 Å². The van der Waals surface area contributed by atoms with Gasteiger partial charge in [0.05, 0.1) is 15.7 Å². The zero-order chi connectivity index (χ0) is 22.9. The molecule has 164 valence electrons. The van der Waals surface area contributed by atoms with Crippen molar-refractivity contribution in [2.75, 3.05) is 5.32 Å². The second-order valence-corrected chi connectivity index (χ2v) is 9.76. The molecule has 4 nitrogen and oxygen atoms in total. The van der Waals surface area contributed by atoms with E-state index in [1.165, 1.54) is 11.3 Å². The lowest BCUT2D eigenvalue weighted by Crippen LogP contribution is -2.49. The number of nitrogens with zero attached hydrogens (tertiary/aromatic N) is 1. The smallest absolute Gasteiger partial charge is 0.250 e. The summed E-state index contributed by atoms with van der Waals surface area (Å²) in [5.74, 6) is -0.407. The monoisotopic (exact) mass is 504 g/mol. The van der Waals surface area contributed by atoms with Crippen molar-refractivity contribution in [3.63, 3.8) is 0 Å². The maximum atomic E-state index is 13.4. The van der Waals surface area contributed by atoms with Gasteiger partial charge in [0.1, 0.15) is 5.54 Å². The van der Waals surface area contributed by atoms with Gasteiger partial charge >= 0.3 is 0 Å². The normalized spacial score (nSPS) is 17.6. The van der Waals surface area contributed by atoms with Crippen molar-refractivity contribution in [2.45, 2.75) is 25.4 Å². The van der Waals surface area contributed by atoms with Crippen LogP contribution in [0.5, 0.6) is 0 Å². The largest absolute Gasteiger partial charge is 0.359 e. The van der Waals surface area contributed by atoms with E-state index in [1.807, 2.05) is 35.5 Å². The highest BCUT2D eigenvalue weighted by molar-refractivity contribution is 7.08. The minimum absolute atomic E-state index is 0.189. The summed E-state index contributed by atoms with van der Waals surface area (Å²) in [4.78, 5) is 28.4. The van der Waals surface area contributed by atoms with Crippen molar-refractivity contribution in [1.82, 2.24) is 4.90 Å². The number of halogens is 3. The van der Waals surface area contributed by atoms with Crippen molar-refractivity contribution in [1.29, 1.82) is 0 Å². The number of rotatable bonds is 6. The minimum Gasteiger partial charge on any atom is -0.359 e. The first-order valence-corrected chi connectivity index (χ1v) is 11.9. The van der Waals surface area contributed by atoms with Crippen LogP contribution in [0.2, 0.25) is 15.1 Å². The van der Waals surface area contributed by atoms with Crippen LogP contribution in [0.4, 0.5) is 5.69 Å². The molecule has 1 aliphatic rings. The first-order valence-electron chi connectivity index (χ1n) is 9.83. The number of anilines is 1. The van der Waals surface area contributed by atoms with Gasteiger partial charge in [0.25, 0.3) is 0 Å². The van der Waals surface area contributed by atoms with Gasteiger partial charge in [0.15, 0.2) is 5.78 Å². The fraction of sp³-hybridized carbons (Fsp3) is 0.167. The third-order valence-electron chi connectivity index (χ3n) is 5.52. The summed E-state index contributed by atoms with van der Waals surface area (Å²) < 4.78 is 0. The number of thiophene rings is 1. The Kier molecular flexibility index (Phi) is 6.63. The average molecular weight is 506 g/mol. The summed E-state index contributed by atoms with van der Waals surface area (Å²) in [7, 11) is 0. The van der Waals surface area contributed by atoms with Crippen LogP contribution in [0.3, 0.4) is 0 Å². The van der Waals surface area contributed by atoms with Gasteiger partial charge in [-0.3, -0.25) is 9.59 Å². The van der Waals surface area contributed by atoms with Gasteiger partial charge in [-0.2, -0.15) is 11.3 Å². The van der Waals surface area contributed by atoms with Gasteiger partial charge in [-0.05, 0) is 66.9 Å². The molecule has 32 heavy (non-hydrogen) atoms. The Hall–Kier alpha value is -2.31. The first kappa shape index (κ1) is 22.9. The van der Waals surface area contributed by atoms with Crippen molar-refractivity contribution >= 4 is 63.5 Å². The molecule has 3 aromatic rings. The van der Waals surface area contributed by atoms with Crippen LogP contribution in [0.15, 0.2) is 65.5 Å². The Morgan fingerprint density at radius 3 is 2.62 bits per heavy atom. The second kappa shape index (κ2) is 9.28. The Labute approximate surface area is 205 Å². The lowest BCUT2D eigenvalue weighted by atomic mass is 9.96. The maximum absolute atomic E-state index is 13.4. The number of hydrogen-bond donors (Lipinski definition) is 1. The van der Waals surface area contributed by atoms with Crippen LogP contribution >= 0.6 is 46.1 Å². The molecule has 0 fully saturated rings. The average Bonchev–Trinajstić information content (AvgIpc) is 3.43. The zero-order valence-corrected chi connectivity index (χ0v) is 20.2. The predicted molar refractivity (Wildman–Crippen MR) is 132 cm³/mol. The van der Waals surface area contributed by atoms with Crippen molar-refractivity contribution in [2.24, 2.45) is 0 Å². The SMILES string of the molecule is C[C@]1(C(=O)Nc2ccc(Cl)cc2C(=O)c2ccsc2)CC=CN1Cc1ccc(Cl)c(Cl)c1. The van der Waals surface area contributed by atoms with Crippen molar-refractivity contribution in [3.05, 3.63) is 97.3 Å². The highest BCUT2D eigenvalue weighted by Gasteiger charge is 2.40. The molecule has 4 rings (SSSR count). The van der Waals surface area contributed by atoms with Crippen LogP contribution in [-0.4, -0.2) is 22.1 Å². The van der Waals surface area contributed by atoms with Crippen LogP contribution in [0.25, 0.3) is 0 Å². The molecule has 0 radical (unpaired) electrons. The van der Waals surface area contributed by atoms with Crippen molar-refractivity contribution in [3.8, 4) is 0 Å². The third kappa shape index (κ3) is 4.57. The molecule has 1 atom stereocenters. The van der Waals surface area contributed by atoms with E-state index in [4.69, 9.17) is 34.8 Å². The Balaban J connectivity index is 1.58. The molecule has 1 aliphatic heterocycles. The van der Waals surface area contributed by atoms with Crippen LogP contribution in [-0.2, 0) is 11.3 Å². The summed E-state index contributed by atoms with van der Waals surface area (Å²) in [6.07, 6.45) is 4.39. The molecule has 0 bridgehead atoms. The van der Waals surface area contributed by atoms with Gasteiger partial charge < -0.3 is 10.2 Å². The molecule has 0 aliphatic carbocycles. The standard InChI is InChI=1S/C24H19Cl3N2O2S/c1-24(8-2-9-29(24)13-15-3-5-19(26)20(27)11-15)23(31)28-21-6-4-17(25)12-18(21)22(30)16-7-10-32-14-16/h2-7,9-12,14H,8,13H2,1H3,(H,28,31)/t24-/m1/s1. The predicted octanol–water partition coefficient (Wildman–Crippen LogP) is 7.06. The third-order valence-corrected chi connectivity index (χ3v) is 7.18. The molecular formula is C24H19Cl3N2O2S. The highest BCUT2D eigenvalue weighted by atomic mass is 35.5. The highest BCUT2D eigenvalue weighted by Crippen LogP contribution is 2.33. The molecule has 8 heteroatoms. The van der Waals surface area contributed by atoms with E-state index >= 15 is 0 Å². The Morgan fingerprint density at radius 2 is 1.91 bits per heavy atom. The van der Waals surface area contributed by atoms with E-state index in [-0.39, 0.29) is 11.7 Å². The van der Waals surface area contributed by atoms with E-state index in [9.17, 15) is 9.59 Å². The molecule has 0 unspecified atom stereocenters. The lowest BCUT2D eigenvalue weighted by molar-refractivity contribution is -0.125. The van der Waals surface area contributed by atoms with Crippen molar-refractivity contribution < 1.29 is 9.59 Å². The molecule has 1 amide bonds. The van der Waals surface area contributed by atoms with Gasteiger partial charge in [0, 0.05) is 28.1 Å². The summed E-state index contributed by atoms with van der Waals surface area (Å²) in [5.41, 5.74) is 1.44. The first-order chi connectivity index (χ1) is 15.3. The van der Waals surface area contributed by atoms with Crippen LogP contribution in [0, 0.1) is 0 Å². The van der Waals surface area contributed by atoms with Gasteiger partial charge in [-0.15, -0.1) is 0 Å². The van der Waals surface area contributed by atoms with E-state index in [0.29, 0.717) is 44.8 Å². The fourth-order valence-electron chi connectivity index (χ4n) is 3.60. The summed E-state index contributed by atoms with van der Waals surface area (Å²) >= 11 is 19.8. The van der Waals surface area contributed by atoms with Gasteiger partial charge in [0.2, 0.25) is 5.91 Å². The number of ketones is 1. The van der Waals surface area contributed by atoms with Gasteiger partial charge in [-0.1, -0.05) is 46.9 Å². The van der Waals surface area contributed by atoms with Crippen LogP contribution in [0.1, 0.15) is 34.8 Å². The maximum Gasteiger partial charge on any atom is 0.250 e. The zero-order valence-electron chi connectivity index (χ0n) is 17.1. The number of nitrogens with one attached hydrogen (secondary N) is 1. The lowest BCUT2D eigenvalue weighted by Gasteiger charge is -2.35. The van der Waals surface area contributed by atoms with E-state index in [2.05, 4.69) is 5.32 Å². The fourth-order valence-corrected chi connectivity index (χ4v) is 4.72. The second-order valence-electron chi connectivity index (χ2n) is 7.72. The summed E-state index contributed by atoms with van der Waals surface area (Å²) in [6.45, 7) is 2.36. The molecule has 1 N–H and O–H groups in total. The van der Waals surface area contributed by atoms with E-state index < -0.39 is 5.54 Å². The summed E-state index contributed by atoms with van der Waals surface area (Å²) in [6, 6.07) is 12.1. The Morgan fingerprint density at radius 1 is 1.09 bits per heavy atom. The van der Waals surface area contributed by atoms with Gasteiger partial charge in [-0.25, -0.2) is 0 Å². The van der Waals surface area contributed by atoms with E-state index in [1.54, 1.807) is 41.8 Å². The molecule has 1 aromatic heterocycles.